The van der Waals surface area contributed by atoms with Crippen molar-refractivity contribution in [3.05, 3.63) is 46.4 Å². The molecule has 1 aromatic carbocycles. The van der Waals surface area contributed by atoms with Gasteiger partial charge in [-0.3, -0.25) is 15.6 Å². The molecule has 0 aliphatic heterocycles. The maximum Gasteiger partial charge on any atom is 0.244 e. The number of thioether (sulfide) groups is 1. The van der Waals surface area contributed by atoms with Gasteiger partial charge in [-0.2, -0.15) is 0 Å². The molecule has 1 aromatic heterocycles. The summed E-state index contributed by atoms with van der Waals surface area (Å²) >= 11 is 8.39. The van der Waals surface area contributed by atoms with Crippen LogP contribution in [0.1, 0.15) is 10.7 Å². The number of nitrogens with zero attached hydrogens (tertiary/aromatic N) is 1. The van der Waals surface area contributed by atoms with Gasteiger partial charge in [-0.15, -0.1) is 23.1 Å². The fourth-order valence-electron chi connectivity index (χ4n) is 1.72. The maximum atomic E-state index is 11.7. The topological polar surface area (TPSA) is 66.0 Å². The van der Waals surface area contributed by atoms with Gasteiger partial charge in [0.05, 0.1) is 17.1 Å². The van der Waals surface area contributed by atoms with Gasteiger partial charge in [0.25, 0.3) is 0 Å². The van der Waals surface area contributed by atoms with E-state index in [1.54, 1.807) is 11.8 Å². The molecule has 0 saturated carbocycles. The van der Waals surface area contributed by atoms with Crippen LogP contribution in [-0.2, 0) is 11.2 Å². The van der Waals surface area contributed by atoms with Crippen LogP contribution >= 0.6 is 35.3 Å². The first-order valence-corrected chi connectivity index (χ1v) is 9.32. The number of aromatic nitrogens is 1. The van der Waals surface area contributed by atoms with Crippen molar-refractivity contribution >= 4 is 46.3 Å². The third-order valence-corrected chi connectivity index (χ3v) is 4.81. The molecule has 0 bridgehead atoms. The van der Waals surface area contributed by atoms with E-state index in [0.29, 0.717) is 11.7 Å². The number of aryl methyl sites for hydroxylation is 1. The van der Waals surface area contributed by atoms with Crippen LogP contribution in [-0.4, -0.2) is 28.3 Å². The van der Waals surface area contributed by atoms with Crippen molar-refractivity contribution in [3.63, 3.8) is 0 Å². The molecule has 0 radical (unpaired) electrons. The van der Waals surface area contributed by atoms with Gasteiger partial charge in [-0.05, 0) is 31.3 Å². The quantitative estimate of drug-likeness (QED) is 0.315. The van der Waals surface area contributed by atoms with Crippen LogP contribution in [0, 0.1) is 6.92 Å². The minimum absolute atomic E-state index is 0.168. The summed E-state index contributed by atoms with van der Waals surface area (Å²) in [4.78, 5) is 17.2. The zero-order valence-corrected chi connectivity index (χ0v) is 15.1. The Kier molecular flexibility index (Phi) is 7.31. The molecule has 0 unspecified atom stereocenters. The van der Waals surface area contributed by atoms with Crippen LogP contribution < -0.4 is 16.2 Å². The van der Waals surface area contributed by atoms with E-state index in [1.807, 2.05) is 30.5 Å². The largest absolute Gasteiger partial charge is 0.361 e. The van der Waals surface area contributed by atoms with E-state index in [-0.39, 0.29) is 12.3 Å². The van der Waals surface area contributed by atoms with E-state index in [2.05, 4.69) is 33.3 Å². The van der Waals surface area contributed by atoms with Gasteiger partial charge >= 0.3 is 0 Å². The molecule has 2 rings (SSSR count). The highest BCUT2D eigenvalue weighted by Crippen LogP contribution is 2.15. The Morgan fingerprint density at radius 3 is 2.78 bits per heavy atom. The second kappa shape index (κ2) is 9.49. The molecule has 8 heteroatoms. The van der Waals surface area contributed by atoms with Gasteiger partial charge < -0.3 is 5.32 Å². The summed E-state index contributed by atoms with van der Waals surface area (Å²) in [5, 5.41) is 6.29. The van der Waals surface area contributed by atoms with Gasteiger partial charge in [0.2, 0.25) is 5.91 Å². The van der Waals surface area contributed by atoms with Crippen molar-refractivity contribution < 1.29 is 4.79 Å². The molecule has 3 N–H and O–H groups in total. The lowest BCUT2D eigenvalue weighted by atomic mass is 10.3. The summed E-state index contributed by atoms with van der Waals surface area (Å²) in [6.45, 7) is 2.63. The molecule has 0 atom stereocenters. The van der Waals surface area contributed by atoms with Crippen molar-refractivity contribution in [3.8, 4) is 0 Å². The lowest BCUT2D eigenvalue weighted by molar-refractivity contribution is -0.121. The number of thiazole rings is 1. The standard InChI is InChI=1S/C15H18N4OS3/c1-11-17-12(10-23-11)9-14(20)18-19-15(21)16-7-8-22-13-5-3-2-4-6-13/h2-6,10H,7-9H2,1H3,(H,18,20)(H2,16,19,21). The summed E-state index contributed by atoms with van der Waals surface area (Å²) in [6, 6.07) is 10.2. The average molecular weight is 367 g/mol. The number of carbonyl (C=O) groups excluding carboxylic acids is 1. The lowest BCUT2D eigenvalue weighted by Gasteiger charge is -2.11. The molecule has 23 heavy (non-hydrogen) atoms. The first-order chi connectivity index (χ1) is 11.1. The molecule has 122 valence electrons. The molecule has 1 amide bonds. The van der Waals surface area contributed by atoms with E-state index in [4.69, 9.17) is 12.2 Å². The van der Waals surface area contributed by atoms with E-state index in [0.717, 1.165) is 16.5 Å². The highest BCUT2D eigenvalue weighted by atomic mass is 32.2. The lowest BCUT2D eigenvalue weighted by Crippen LogP contribution is -2.47. The molecule has 0 aliphatic rings. The summed E-state index contributed by atoms with van der Waals surface area (Å²) < 4.78 is 0. The summed E-state index contributed by atoms with van der Waals surface area (Å²) in [5.74, 6) is 0.718. The predicted octanol–water partition coefficient (Wildman–Crippen LogP) is 2.28. The van der Waals surface area contributed by atoms with E-state index >= 15 is 0 Å². The summed E-state index contributed by atoms with van der Waals surface area (Å²) in [7, 11) is 0. The molecule has 5 nitrogen and oxygen atoms in total. The van der Waals surface area contributed by atoms with Crippen LogP contribution in [0.25, 0.3) is 0 Å². The van der Waals surface area contributed by atoms with Crippen molar-refractivity contribution in [2.24, 2.45) is 0 Å². The van der Waals surface area contributed by atoms with Gasteiger partial charge in [-0.1, -0.05) is 18.2 Å². The number of benzene rings is 1. The number of nitrogens with one attached hydrogen (secondary N) is 3. The summed E-state index contributed by atoms with van der Waals surface area (Å²) in [6.07, 6.45) is 0.240. The third-order valence-electron chi connectivity index (χ3n) is 2.72. The fraction of sp³-hybridized carbons (Fsp3) is 0.267. The maximum absolute atomic E-state index is 11.7. The molecule has 1 heterocycles. The van der Waals surface area contributed by atoms with Crippen LogP contribution in [0.15, 0.2) is 40.6 Å². The molecule has 2 aromatic rings. The molecule has 0 aliphatic carbocycles. The van der Waals surface area contributed by atoms with E-state index < -0.39 is 0 Å². The smallest absolute Gasteiger partial charge is 0.244 e. The SMILES string of the molecule is Cc1nc(CC(=O)NNC(=S)NCCSc2ccccc2)cs1. The van der Waals surface area contributed by atoms with E-state index in [1.165, 1.54) is 16.2 Å². The normalized spacial score (nSPS) is 10.1. The highest BCUT2D eigenvalue weighted by molar-refractivity contribution is 7.99. The first-order valence-electron chi connectivity index (χ1n) is 7.05. The van der Waals surface area contributed by atoms with Crippen LogP contribution in [0.2, 0.25) is 0 Å². The second-order valence-corrected chi connectivity index (χ2v) is 7.26. The van der Waals surface area contributed by atoms with Crippen molar-refractivity contribution in [2.75, 3.05) is 12.3 Å². The molecule has 0 fully saturated rings. The first kappa shape index (κ1) is 17.7. The molecular weight excluding hydrogens is 348 g/mol. The number of hydrogen-bond acceptors (Lipinski definition) is 5. The number of hydrazine groups is 1. The minimum atomic E-state index is -0.168. The molecule has 0 saturated heterocycles. The number of rotatable bonds is 6. The minimum Gasteiger partial charge on any atom is -0.361 e. The van der Waals surface area contributed by atoms with Gasteiger partial charge in [0.15, 0.2) is 5.11 Å². The van der Waals surface area contributed by atoms with Crippen LogP contribution in [0.5, 0.6) is 0 Å². The third kappa shape index (κ3) is 6.98. The summed E-state index contributed by atoms with van der Waals surface area (Å²) in [5.41, 5.74) is 6.03. The molecular formula is C15H18N4OS3. The fourth-order valence-corrected chi connectivity index (χ4v) is 3.27. The van der Waals surface area contributed by atoms with Crippen molar-refractivity contribution in [2.45, 2.75) is 18.2 Å². The number of carbonyl (C=O) groups is 1. The Morgan fingerprint density at radius 1 is 1.30 bits per heavy atom. The number of hydrogen-bond donors (Lipinski definition) is 3. The van der Waals surface area contributed by atoms with E-state index in [9.17, 15) is 4.79 Å². The van der Waals surface area contributed by atoms with Crippen LogP contribution in [0.3, 0.4) is 0 Å². The zero-order chi connectivity index (χ0) is 16.5. The van der Waals surface area contributed by atoms with Gasteiger partial charge in [-0.25, -0.2) is 4.98 Å². The Bertz CT molecular complexity index is 645. The second-order valence-electron chi connectivity index (χ2n) is 4.63. The average Bonchev–Trinajstić information content (AvgIpc) is 2.95. The van der Waals surface area contributed by atoms with Crippen molar-refractivity contribution in [1.29, 1.82) is 0 Å². The van der Waals surface area contributed by atoms with Crippen molar-refractivity contribution in [1.82, 2.24) is 21.2 Å². The van der Waals surface area contributed by atoms with Gasteiger partial charge in [0, 0.05) is 22.6 Å². The number of amides is 1. The monoisotopic (exact) mass is 366 g/mol. The Labute approximate surface area is 149 Å². The zero-order valence-electron chi connectivity index (χ0n) is 12.7. The molecule has 0 spiro atoms. The van der Waals surface area contributed by atoms with Gasteiger partial charge in [0.1, 0.15) is 0 Å². The Morgan fingerprint density at radius 2 is 2.09 bits per heavy atom. The predicted molar refractivity (Wildman–Crippen MR) is 99.6 cm³/mol. The number of thiocarbonyl (C=S) groups is 1. The Balaban J connectivity index is 1.57. The highest BCUT2D eigenvalue weighted by Gasteiger charge is 2.06. The van der Waals surface area contributed by atoms with Crippen LogP contribution in [0.4, 0.5) is 0 Å². The Hall–Kier alpha value is -1.64.